The molecule has 1 unspecified atom stereocenters. The Kier molecular flexibility index (Phi) is 4.14. The van der Waals surface area contributed by atoms with Crippen LogP contribution in [0.5, 0.6) is 0 Å². The summed E-state index contributed by atoms with van der Waals surface area (Å²) < 4.78 is 38.5. The number of hydrogen-bond acceptors (Lipinski definition) is 4. The van der Waals surface area contributed by atoms with Gasteiger partial charge >= 0.3 is 5.97 Å². The summed E-state index contributed by atoms with van der Waals surface area (Å²) in [5.41, 5.74) is -0.229. The molecule has 8 heteroatoms. The molecule has 104 valence electrons. The SMILES string of the molecule is O=C(O)c1cncnc1CS(=O)c1cc(F)ccc1F. The highest BCUT2D eigenvalue weighted by Crippen LogP contribution is 2.18. The van der Waals surface area contributed by atoms with Gasteiger partial charge < -0.3 is 5.11 Å². The van der Waals surface area contributed by atoms with Crippen LogP contribution in [0.15, 0.2) is 35.6 Å². The zero-order valence-corrected chi connectivity index (χ0v) is 10.7. The van der Waals surface area contributed by atoms with Crippen LogP contribution >= 0.6 is 0 Å². The molecule has 20 heavy (non-hydrogen) atoms. The van der Waals surface area contributed by atoms with Gasteiger partial charge in [-0.05, 0) is 18.2 Å². The molecule has 2 aromatic rings. The number of aromatic nitrogens is 2. The second-order valence-electron chi connectivity index (χ2n) is 3.75. The van der Waals surface area contributed by atoms with Gasteiger partial charge in [-0.1, -0.05) is 0 Å². The van der Waals surface area contributed by atoms with Crippen LogP contribution in [0.1, 0.15) is 16.1 Å². The van der Waals surface area contributed by atoms with Crippen molar-refractivity contribution in [3.05, 3.63) is 53.6 Å². The van der Waals surface area contributed by atoms with E-state index in [1.807, 2.05) is 0 Å². The Morgan fingerprint density at radius 1 is 1.35 bits per heavy atom. The lowest BCUT2D eigenvalue weighted by Gasteiger charge is -2.05. The third-order valence-electron chi connectivity index (χ3n) is 2.43. The number of carboxylic acids is 1. The number of nitrogens with zero attached hydrogens (tertiary/aromatic N) is 2. The maximum Gasteiger partial charge on any atom is 0.339 e. The summed E-state index contributed by atoms with van der Waals surface area (Å²) in [5, 5.41) is 8.93. The first-order chi connectivity index (χ1) is 9.49. The summed E-state index contributed by atoms with van der Waals surface area (Å²) in [6.07, 6.45) is 2.16. The molecule has 0 spiro atoms. The van der Waals surface area contributed by atoms with Gasteiger partial charge in [0.15, 0.2) is 0 Å². The van der Waals surface area contributed by atoms with Crippen LogP contribution in [0.2, 0.25) is 0 Å². The van der Waals surface area contributed by atoms with E-state index in [1.54, 1.807) is 0 Å². The molecule has 0 aliphatic heterocycles. The predicted octanol–water partition coefficient (Wildman–Crippen LogP) is 1.76. The van der Waals surface area contributed by atoms with Gasteiger partial charge in [0.25, 0.3) is 0 Å². The number of halogens is 2. The lowest BCUT2D eigenvalue weighted by molar-refractivity contribution is 0.0695. The molecule has 0 saturated carbocycles. The molecule has 0 aliphatic rings. The van der Waals surface area contributed by atoms with E-state index in [0.717, 1.165) is 30.7 Å². The van der Waals surface area contributed by atoms with Crippen molar-refractivity contribution in [2.45, 2.75) is 10.6 Å². The molecular weight excluding hydrogens is 290 g/mol. The van der Waals surface area contributed by atoms with E-state index in [0.29, 0.717) is 0 Å². The van der Waals surface area contributed by atoms with Crippen molar-refractivity contribution in [2.24, 2.45) is 0 Å². The molecule has 1 atom stereocenters. The van der Waals surface area contributed by atoms with E-state index in [2.05, 4.69) is 9.97 Å². The van der Waals surface area contributed by atoms with E-state index in [9.17, 15) is 17.8 Å². The summed E-state index contributed by atoms with van der Waals surface area (Å²) in [5.74, 6) is -3.17. The van der Waals surface area contributed by atoms with Gasteiger partial charge in [0, 0.05) is 6.20 Å². The van der Waals surface area contributed by atoms with E-state index in [1.165, 1.54) is 0 Å². The van der Waals surface area contributed by atoms with Gasteiger partial charge in [-0.3, -0.25) is 4.21 Å². The molecule has 0 radical (unpaired) electrons. The predicted molar refractivity (Wildman–Crippen MR) is 65.5 cm³/mol. The van der Waals surface area contributed by atoms with Crippen LogP contribution in [0.4, 0.5) is 8.78 Å². The van der Waals surface area contributed by atoms with Crippen LogP contribution in [0, 0.1) is 11.6 Å². The summed E-state index contributed by atoms with van der Waals surface area (Å²) >= 11 is 0. The Morgan fingerprint density at radius 3 is 2.80 bits per heavy atom. The van der Waals surface area contributed by atoms with Crippen molar-refractivity contribution in [2.75, 3.05) is 0 Å². The number of hydrogen-bond donors (Lipinski definition) is 1. The van der Waals surface area contributed by atoms with Crippen molar-refractivity contribution in [3.63, 3.8) is 0 Å². The van der Waals surface area contributed by atoms with Crippen LogP contribution in [-0.2, 0) is 16.6 Å². The summed E-state index contributed by atoms with van der Waals surface area (Å²) in [6.45, 7) is 0. The normalized spacial score (nSPS) is 12.1. The topological polar surface area (TPSA) is 80.2 Å². The van der Waals surface area contributed by atoms with Gasteiger partial charge in [-0.2, -0.15) is 0 Å². The minimum absolute atomic E-state index is 0.00510. The number of carboxylic acid groups (broad SMARTS) is 1. The molecule has 0 fully saturated rings. The number of carbonyl (C=O) groups is 1. The van der Waals surface area contributed by atoms with Crippen molar-refractivity contribution in [1.82, 2.24) is 9.97 Å². The van der Waals surface area contributed by atoms with Crippen molar-refractivity contribution in [3.8, 4) is 0 Å². The molecule has 1 N–H and O–H groups in total. The Bertz CT molecular complexity index is 694. The molecule has 0 aliphatic carbocycles. The monoisotopic (exact) mass is 298 g/mol. The second-order valence-corrected chi connectivity index (χ2v) is 5.17. The third kappa shape index (κ3) is 3.02. The van der Waals surface area contributed by atoms with Crippen molar-refractivity contribution >= 4 is 16.8 Å². The minimum Gasteiger partial charge on any atom is -0.478 e. The average Bonchev–Trinajstić information content (AvgIpc) is 2.41. The van der Waals surface area contributed by atoms with Crippen LogP contribution < -0.4 is 0 Å². The first kappa shape index (κ1) is 14.2. The Hall–Kier alpha value is -2.22. The maximum absolute atomic E-state index is 13.5. The highest BCUT2D eigenvalue weighted by Gasteiger charge is 2.17. The fraction of sp³-hybridized carbons (Fsp3) is 0.0833. The van der Waals surface area contributed by atoms with Gasteiger partial charge in [0.1, 0.15) is 23.5 Å². The van der Waals surface area contributed by atoms with Crippen LogP contribution in [0.3, 0.4) is 0 Å². The molecule has 5 nitrogen and oxygen atoms in total. The molecule has 1 aromatic heterocycles. The standard InChI is InChI=1S/C12H8F2N2O3S/c13-7-1-2-9(14)11(3-7)20(19)5-10-8(12(17)18)4-15-6-16-10/h1-4,6H,5H2,(H,17,18). The second kappa shape index (κ2) is 5.83. The summed E-state index contributed by atoms with van der Waals surface area (Å²) in [6, 6.07) is 2.58. The van der Waals surface area contributed by atoms with Gasteiger partial charge in [0.2, 0.25) is 0 Å². The molecule has 1 heterocycles. The smallest absolute Gasteiger partial charge is 0.339 e. The van der Waals surface area contributed by atoms with E-state index < -0.39 is 28.4 Å². The van der Waals surface area contributed by atoms with E-state index in [4.69, 9.17) is 5.11 Å². The first-order valence-electron chi connectivity index (χ1n) is 5.34. The highest BCUT2D eigenvalue weighted by atomic mass is 32.2. The van der Waals surface area contributed by atoms with E-state index in [-0.39, 0.29) is 21.9 Å². The van der Waals surface area contributed by atoms with Crippen LogP contribution in [-0.4, -0.2) is 25.3 Å². The molecule has 0 saturated heterocycles. The fourth-order valence-electron chi connectivity index (χ4n) is 1.50. The quantitative estimate of drug-likeness (QED) is 0.930. The average molecular weight is 298 g/mol. The van der Waals surface area contributed by atoms with Gasteiger partial charge in [0.05, 0.1) is 27.1 Å². The third-order valence-corrected chi connectivity index (χ3v) is 3.77. The largest absolute Gasteiger partial charge is 0.478 e. The Balaban J connectivity index is 2.33. The Labute approximate surface area is 114 Å². The number of benzene rings is 1. The highest BCUT2D eigenvalue weighted by molar-refractivity contribution is 7.84. The van der Waals surface area contributed by atoms with Crippen molar-refractivity contribution in [1.29, 1.82) is 0 Å². The zero-order valence-electron chi connectivity index (χ0n) is 9.92. The van der Waals surface area contributed by atoms with E-state index >= 15 is 0 Å². The molecule has 0 bridgehead atoms. The first-order valence-corrected chi connectivity index (χ1v) is 6.66. The summed E-state index contributed by atoms with van der Waals surface area (Å²) in [4.78, 5) is 17.9. The fourth-order valence-corrected chi connectivity index (χ4v) is 2.67. The van der Waals surface area contributed by atoms with Gasteiger partial charge in [-0.25, -0.2) is 23.5 Å². The number of aromatic carboxylic acids is 1. The molecule has 0 amide bonds. The maximum atomic E-state index is 13.5. The lowest BCUT2D eigenvalue weighted by Crippen LogP contribution is -2.09. The van der Waals surface area contributed by atoms with Gasteiger partial charge in [-0.15, -0.1) is 0 Å². The summed E-state index contributed by atoms with van der Waals surface area (Å²) in [7, 11) is -1.95. The van der Waals surface area contributed by atoms with Crippen LogP contribution in [0.25, 0.3) is 0 Å². The minimum atomic E-state index is -1.95. The van der Waals surface area contributed by atoms with Crippen molar-refractivity contribution < 1.29 is 22.9 Å². The zero-order chi connectivity index (χ0) is 14.7. The molecular formula is C12H8F2N2O3S. The Morgan fingerprint density at radius 2 is 2.10 bits per heavy atom. The molecule has 2 rings (SSSR count). The molecule has 1 aromatic carbocycles. The lowest BCUT2D eigenvalue weighted by atomic mass is 10.2. The number of rotatable bonds is 4.